The van der Waals surface area contributed by atoms with Gasteiger partial charge in [-0.05, 0) is 25.1 Å². The van der Waals surface area contributed by atoms with Crippen LogP contribution in [0.25, 0.3) is 5.69 Å². The summed E-state index contributed by atoms with van der Waals surface area (Å²) < 4.78 is 32.9. The fourth-order valence-electron chi connectivity index (χ4n) is 3.46. The second-order valence-electron chi connectivity index (χ2n) is 7.44. The third kappa shape index (κ3) is 4.66. The number of aryl methyl sites for hydroxylation is 1. The Bertz CT molecular complexity index is 1060. The van der Waals surface area contributed by atoms with Crippen molar-refractivity contribution in [1.82, 2.24) is 30.1 Å². The first-order valence-electron chi connectivity index (χ1n) is 10.2. The van der Waals surface area contributed by atoms with E-state index in [9.17, 15) is 13.6 Å². The lowest BCUT2D eigenvalue weighted by Gasteiger charge is -2.34. The van der Waals surface area contributed by atoms with E-state index in [0.29, 0.717) is 49.1 Å². The van der Waals surface area contributed by atoms with Crippen molar-refractivity contribution in [2.45, 2.75) is 26.9 Å². The third-order valence-corrected chi connectivity index (χ3v) is 5.38. The number of rotatable bonds is 6. The molecule has 0 radical (unpaired) electrons. The van der Waals surface area contributed by atoms with Gasteiger partial charge in [-0.25, -0.2) is 13.5 Å². The maximum Gasteiger partial charge on any atom is 0.263 e. The maximum atomic E-state index is 12.8. The van der Waals surface area contributed by atoms with Crippen LogP contribution in [0.2, 0.25) is 0 Å². The standard InChI is InChI=1S/C21H23F2N7O2/c1-14-18(30(27-24-14)17-5-3-16(4-6-17)21(22)23)13-32-20-8-7-19(25-26-20)29-11-9-28(10-12-29)15(2)31/h3-8,21H,9-13H2,1-2H3. The van der Waals surface area contributed by atoms with Crippen molar-refractivity contribution in [3.05, 3.63) is 53.3 Å². The first-order chi connectivity index (χ1) is 15.4. The quantitative estimate of drug-likeness (QED) is 0.578. The van der Waals surface area contributed by atoms with Gasteiger partial charge in [0, 0.05) is 44.7 Å². The van der Waals surface area contributed by atoms with Crippen molar-refractivity contribution in [1.29, 1.82) is 0 Å². The van der Waals surface area contributed by atoms with Gasteiger partial charge in [0.15, 0.2) is 5.82 Å². The number of anilines is 1. The second kappa shape index (κ2) is 9.25. The Morgan fingerprint density at radius 2 is 1.75 bits per heavy atom. The number of nitrogens with zero attached hydrogens (tertiary/aromatic N) is 7. The third-order valence-electron chi connectivity index (χ3n) is 5.38. The molecule has 1 aliphatic heterocycles. The van der Waals surface area contributed by atoms with Gasteiger partial charge >= 0.3 is 0 Å². The van der Waals surface area contributed by atoms with E-state index in [1.165, 1.54) is 12.1 Å². The number of halogens is 2. The van der Waals surface area contributed by atoms with Gasteiger partial charge in [-0.1, -0.05) is 17.3 Å². The summed E-state index contributed by atoms with van der Waals surface area (Å²) in [5, 5.41) is 16.5. The molecule has 168 valence electrons. The molecule has 4 rings (SSSR count). The van der Waals surface area contributed by atoms with Crippen LogP contribution in [-0.2, 0) is 11.4 Å². The zero-order chi connectivity index (χ0) is 22.7. The molecule has 3 heterocycles. The summed E-state index contributed by atoms with van der Waals surface area (Å²) in [5.74, 6) is 1.15. The van der Waals surface area contributed by atoms with Gasteiger partial charge in [0.2, 0.25) is 11.8 Å². The molecule has 2 aromatic heterocycles. The highest BCUT2D eigenvalue weighted by atomic mass is 19.3. The summed E-state index contributed by atoms with van der Waals surface area (Å²) in [6.45, 7) is 6.22. The van der Waals surface area contributed by atoms with Crippen LogP contribution in [0.3, 0.4) is 0 Å². The minimum absolute atomic E-state index is 0.0542. The molecule has 11 heteroatoms. The van der Waals surface area contributed by atoms with Crippen molar-refractivity contribution in [2.24, 2.45) is 0 Å². The summed E-state index contributed by atoms with van der Waals surface area (Å²) in [5.41, 5.74) is 1.90. The number of carbonyl (C=O) groups is 1. The highest BCUT2D eigenvalue weighted by molar-refractivity contribution is 5.73. The predicted molar refractivity (Wildman–Crippen MR) is 112 cm³/mol. The monoisotopic (exact) mass is 443 g/mol. The van der Waals surface area contributed by atoms with Crippen LogP contribution < -0.4 is 9.64 Å². The molecule has 1 saturated heterocycles. The number of amides is 1. The van der Waals surface area contributed by atoms with Crippen LogP contribution in [0.5, 0.6) is 5.88 Å². The van der Waals surface area contributed by atoms with Crippen LogP contribution >= 0.6 is 0 Å². The molecule has 32 heavy (non-hydrogen) atoms. The summed E-state index contributed by atoms with van der Waals surface area (Å²) in [4.78, 5) is 15.3. The van der Waals surface area contributed by atoms with E-state index >= 15 is 0 Å². The molecule has 3 aromatic rings. The van der Waals surface area contributed by atoms with Crippen molar-refractivity contribution in [3.63, 3.8) is 0 Å². The van der Waals surface area contributed by atoms with Crippen molar-refractivity contribution < 1.29 is 18.3 Å². The lowest BCUT2D eigenvalue weighted by molar-refractivity contribution is -0.129. The van der Waals surface area contributed by atoms with Gasteiger partial charge in [-0.2, -0.15) is 0 Å². The van der Waals surface area contributed by atoms with Gasteiger partial charge < -0.3 is 14.5 Å². The SMILES string of the molecule is CC(=O)N1CCN(c2ccc(OCc3c(C)nnn3-c3ccc(C(F)F)cc3)nn2)CC1. The zero-order valence-corrected chi connectivity index (χ0v) is 17.8. The largest absolute Gasteiger partial charge is 0.470 e. The number of carbonyl (C=O) groups excluding carboxylic acids is 1. The van der Waals surface area contributed by atoms with Crippen LogP contribution in [0.1, 0.15) is 30.3 Å². The molecule has 9 nitrogen and oxygen atoms in total. The van der Waals surface area contributed by atoms with Gasteiger partial charge in [0.25, 0.3) is 6.43 Å². The lowest BCUT2D eigenvalue weighted by atomic mass is 10.2. The predicted octanol–water partition coefficient (Wildman–Crippen LogP) is 2.55. The highest BCUT2D eigenvalue weighted by Crippen LogP contribution is 2.22. The summed E-state index contributed by atoms with van der Waals surface area (Å²) in [7, 11) is 0. The van der Waals surface area contributed by atoms with E-state index in [0.717, 1.165) is 5.82 Å². The fourth-order valence-corrected chi connectivity index (χ4v) is 3.46. The van der Waals surface area contributed by atoms with E-state index in [2.05, 4.69) is 25.4 Å². The Morgan fingerprint density at radius 3 is 2.34 bits per heavy atom. The number of aromatic nitrogens is 5. The average molecular weight is 443 g/mol. The first kappa shape index (κ1) is 21.6. The van der Waals surface area contributed by atoms with Crippen molar-refractivity contribution in [3.8, 4) is 11.6 Å². The summed E-state index contributed by atoms with van der Waals surface area (Å²) in [6.07, 6.45) is -2.52. The normalized spacial score (nSPS) is 14.2. The summed E-state index contributed by atoms with van der Waals surface area (Å²) in [6, 6.07) is 9.43. The second-order valence-corrected chi connectivity index (χ2v) is 7.44. The molecule has 0 bridgehead atoms. The Balaban J connectivity index is 1.40. The van der Waals surface area contributed by atoms with Crippen LogP contribution in [0.15, 0.2) is 36.4 Å². The molecule has 0 spiro atoms. The smallest absolute Gasteiger partial charge is 0.263 e. The van der Waals surface area contributed by atoms with Gasteiger partial charge in [-0.15, -0.1) is 15.3 Å². The molecule has 1 aromatic carbocycles. The van der Waals surface area contributed by atoms with E-state index in [1.54, 1.807) is 36.7 Å². The number of ether oxygens (including phenoxy) is 1. The van der Waals surface area contributed by atoms with E-state index in [4.69, 9.17) is 4.74 Å². The molecular weight excluding hydrogens is 420 g/mol. The average Bonchev–Trinajstić information content (AvgIpc) is 3.18. The number of benzene rings is 1. The zero-order valence-electron chi connectivity index (χ0n) is 17.8. The van der Waals surface area contributed by atoms with Gasteiger partial charge in [-0.3, -0.25) is 4.79 Å². The molecule has 0 unspecified atom stereocenters. The lowest BCUT2D eigenvalue weighted by Crippen LogP contribution is -2.48. The molecule has 0 atom stereocenters. The first-order valence-corrected chi connectivity index (χ1v) is 10.2. The van der Waals surface area contributed by atoms with Crippen LogP contribution in [0.4, 0.5) is 14.6 Å². The number of hydrogen-bond donors (Lipinski definition) is 0. The maximum absolute atomic E-state index is 12.8. The Morgan fingerprint density at radius 1 is 1.03 bits per heavy atom. The van der Waals surface area contributed by atoms with Crippen molar-refractivity contribution >= 4 is 11.7 Å². The molecule has 1 amide bonds. The fraction of sp³-hybridized carbons (Fsp3) is 0.381. The highest BCUT2D eigenvalue weighted by Gasteiger charge is 2.20. The Hall–Kier alpha value is -3.63. The minimum atomic E-state index is -2.52. The number of piperazine rings is 1. The van der Waals surface area contributed by atoms with E-state index < -0.39 is 6.43 Å². The Kier molecular flexibility index (Phi) is 6.24. The van der Waals surface area contributed by atoms with Crippen LogP contribution in [-0.4, -0.2) is 62.2 Å². The molecule has 0 aliphatic carbocycles. The topological polar surface area (TPSA) is 89.3 Å². The molecule has 1 aliphatic rings. The minimum Gasteiger partial charge on any atom is -0.470 e. The molecular formula is C21H23F2N7O2. The molecule has 0 N–H and O–H groups in total. The number of hydrogen-bond acceptors (Lipinski definition) is 7. The molecule has 1 fully saturated rings. The molecule has 0 saturated carbocycles. The van der Waals surface area contributed by atoms with E-state index in [1.807, 2.05) is 11.0 Å². The number of alkyl halides is 2. The summed E-state index contributed by atoms with van der Waals surface area (Å²) >= 11 is 0. The Labute approximate surface area is 183 Å². The van der Waals surface area contributed by atoms with E-state index in [-0.39, 0.29) is 18.1 Å². The van der Waals surface area contributed by atoms with Gasteiger partial charge in [0.1, 0.15) is 12.3 Å². The van der Waals surface area contributed by atoms with Gasteiger partial charge in [0.05, 0.1) is 11.4 Å². The van der Waals surface area contributed by atoms with Crippen molar-refractivity contribution in [2.75, 3.05) is 31.1 Å². The van der Waals surface area contributed by atoms with Crippen LogP contribution in [0, 0.1) is 6.92 Å².